The van der Waals surface area contributed by atoms with Crippen LogP contribution in [0.5, 0.6) is 0 Å². The molecule has 1 heterocycles. The molecular formula is C14H10N2O2S. The smallest absolute Gasteiger partial charge is 0.275 e. The van der Waals surface area contributed by atoms with E-state index >= 15 is 0 Å². The Kier molecular flexibility index (Phi) is 2.47. The zero-order valence-corrected chi connectivity index (χ0v) is 10.7. The Balaban J connectivity index is 2.22. The summed E-state index contributed by atoms with van der Waals surface area (Å²) in [7, 11) is -3.66. The second-order valence-corrected chi connectivity index (χ2v) is 5.88. The summed E-state index contributed by atoms with van der Waals surface area (Å²) in [5.41, 5.74) is 6.64. The fourth-order valence-electron chi connectivity index (χ4n) is 1.86. The maximum absolute atomic E-state index is 12.5. The van der Waals surface area contributed by atoms with Crippen molar-refractivity contribution in [1.82, 2.24) is 3.97 Å². The van der Waals surface area contributed by atoms with Crippen molar-refractivity contribution in [3.8, 4) is 0 Å². The molecule has 0 radical (unpaired) electrons. The van der Waals surface area contributed by atoms with E-state index in [0.29, 0.717) is 16.6 Å². The van der Waals surface area contributed by atoms with Gasteiger partial charge in [0.25, 0.3) is 10.0 Å². The lowest BCUT2D eigenvalue weighted by Crippen LogP contribution is -2.11. The van der Waals surface area contributed by atoms with E-state index in [-0.39, 0.29) is 4.90 Å². The highest BCUT2D eigenvalue weighted by molar-refractivity contribution is 7.90. The van der Waals surface area contributed by atoms with Gasteiger partial charge in [0.2, 0.25) is 0 Å². The molecule has 0 saturated carbocycles. The van der Waals surface area contributed by atoms with Crippen LogP contribution in [0.4, 0.5) is 5.69 Å². The summed E-state index contributed by atoms with van der Waals surface area (Å²) in [5.74, 6) is 0. The van der Waals surface area contributed by atoms with Crippen LogP contribution >= 0.6 is 0 Å². The first-order chi connectivity index (χ1) is 9.09. The van der Waals surface area contributed by atoms with Crippen LogP contribution in [0.3, 0.4) is 0 Å². The van der Waals surface area contributed by atoms with Crippen LogP contribution in [0.1, 0.15) is 0 Å². The lowest BCUT2D eigenvalue weighted by Gasteiger charge is -2.06. The lowest BCUT2D eigenvalue weighted by molar-refractivity contribution is 0.589. The van der Waals surface area contributed by atoms with Gasteiger partial charge < -0.3 is 5.73 Å². The summed E-state index contributed by atoms with van der Waals surface area (Å²) in [4.78, 5) is 0.174. The number of rotatable bonds is 2. The first-order valence-corrected chi connectivity index (χ1v) is 7.04. The second kappa shape index (κ2) is 4.04. The van der Waals surface area contributed by atoms with Gasteiger partial charge in [0, 0.05) is 11.9 Å². The first-order valence-electron chi connectivity index (χ1n) is 5.60. The van der Waals surface area contributed by atoms with E-state index in [1.165, 1.54) is 12.1 Å². The van der Waals surface area contributed by atoms with Gasteiger partial charge in [-0.3, -0.25) is 0 Å². The number of benzene rings is 2. The van der Waals surface area contributed by atoms with E-state index in [9.17, 15) is 8.42 Å². The van der Waals surface area contributed by atoms with Gasteiger partial charge in [0.05, 0.1) is 15.8 Å². The van der Waals surface area contributed by atoms with Crippen LogP contribution in [0.2, 0.25) is 0 Å². The van der Waals surface area contributed by atoms with Gasteiger partial charge >= 0.3 is 0 Å². The molecule has 0 aliphatic carbocycles. The average molecular weight is 270 g/mol. The number of hydrogen-bond acceptors (Lipinski definition) is 3. The Morgan fingerprint density at radius 1 is 1.00 bits per heavy atom. The Morgan fingerprint density at radius 2 is 1.68 bits per heavy atom. The maximum atomic E-state index is 12.5. The fraction of sp³-hybridized carbons (Fsp3) is 0. The zero-order valence-electron chi connectivity index (χ0n) is 9.87. The van der Waals surface area contributed by atoms with Crippen LogP contribution in [-0.2, 0) is 10.0 Å². The Hall–Kier alpha value is -2.45. The highest BCUT2D eigenvalue weighted by Gasteiger charge is 2.18. The predicted molar refractivity (Wildman–Crippen MR) is 73.0 cm³/mol. The standard InChI is InChI=1S/C14H10N2O2S/c15-12-5-7-13(8-6-12)19(17,18)16-10-9-11-3-1-2-4-14(11)16/h1-8H,15H2. The molecule has 0 atom stereocenters. The van der Waals surface area contributed by atoms with Gasteiger partial charge in [-0.2, -0.15) is 3.97 Å². The number of hydrogen-bond donors (Lipinski definition) is 1. The summed E-state index contributed by atoms with van der Waals surface area (Å²) in [6, 6.07) is 16.0. The minimum Gasteiger partial charge on any atom is -0.399 e. The molecule has 1 aromatic heterocycles. The number of nitrogens with two attached hydrogens (primary N) is 1. The minimum atomic E-state index is -3.66. The van der Waals surface area contributed by atoms with Crippen molar-refractivity contribution in [2.45, 2.75) is 4.90 Å². The summed E-state index contributed by atoms with van der Waals surface area (Å²) in [6.45, 7) is 0. The third-order valence-electron chi connectivity index (χ3n) is 2.83. The number of nitrogen functional groups attached to an aromatic ring is 1. The van der Waals surface area contributed by atoms with Crippen LogP contribution in [0, 0.1) is 12.3 Å². The third-order valence-corrected chi connectivity index (χ3v) is 4.47. The molecule has 4 nitrogen and oxygen atoms in total. The van der Waals surface area contributed by atoms with Gasteiger partial charge in [-0.15, -0.1) is 0 Å². The van der Waals surface area contributed by atoms with Crippen LogP contribution in [-0.4, -0.2) is 12.4 Å². The molecule has 0 spiro atoms. The summed E-state index contributed by atoms with van der Waals surface area (Å²) in [5, 5.41) is 0.710. The molecule has 0 fully saturated rings. The summed E-state index contributed by atoms with van der Waals surface area (Å²) >= 11 is 0. The molecule has 0 amide bonds. The van der Waals surface area contributed by atoms with E-state index in [2.05, 4.69) is 12.3 Å². The summed E-state index contributed by atoms with van der Waals surface area (Å²) < 4.78 is 26.1. The van der Waals surface area contributed by atoms with E-state index in [1.54, 1.807) is 30.3 Å². The first kappa shape index (κ1) is 11.6. The SMILES string of the molecule is Nc1ccc(S(=O)(=O)n2c#cc3ccccc32)cc1. The lowest BCUT2D eigenvalue weighted by atomic mass is 10.3. The third kappa shape index (κ3) is 1.83. The largest absolute Gasteiger partial charge is 0.399 e. The van der Waals surface area contributed by atoms with Crippen molar-refractivity contribution < 1.29 is 8.42 Å². The van der Waals surface area contributed by atoms with Crippen LogP contribution in [0.25, 0.3) is 10.9 Å². The molecule has 94 valence electrons. The number of nitrogens with zero attached hydrogens (tertiary/aromatic N) is 1. The van der Waals surface area contributed by atoms with Crippen molar-refractivity contribution in [2.75, 3.05) is 5.73 Å². The van der Waals surface area contributed by atoms with E-state index in [4.69, 9.17) is 5.73 Å². The van der Waals surface area contributed by atoms with Crippen LogP contribution < -0.4 is 5.73 Å². The normalized spacial score (nSPS) is 11.4. The van der Waals surface area contributed by atoms with Crippen molar-refractivity contribution in [2.24, 2.45) is 0 Å². The molecule has 0 bridgehead atoms. The average Bonchev–Trinajstić information content (AvgIpc) is 2.83. The molecule has 3 rings (SSSR count). The molecule has 2 N–H and O–H groups in total. The molecule has 0 aliphatic rings. The molecule has 5 heteroatoms. The molecular weight excluding hydrogens is 260 g/mol. The second-order valence-electron chi connectivity index (χ2n) is 4.09. The highest BCUT2D eigenvalue weighted by atomic mass is 32.2. The van der Waals surface area contributed by atoms with Crippen LogP contribution in [0.15, 0.2) is 53.4 Å². The van der Waals surface area contributed by atoms with Gasteiger partial charge in [0.1, 0.15) is 0 Å². The fourth-order valence-corrected chi connectivity index (χ4v) is 3.14. The number of aromatic nitrogens is 1. The van der Waals surface area contributed by atoms with Crippen molar-refractivity contribution in [1.29, 1.82) is 0 Å². The molecule has 19 heavy (non-hydrogen) atoms. The topological polar surface area (TPSA) is 65.1 Å². The van der Waals surface area contributed by atoms with E-state index in [0.717, 1.165) is 3.97 Å². The van der Waals surface area contributed by atoms with Gasteiger partial charge in [-0.05, 0) is 42.5 Å². The maximum Gasteiger partial charge on any atom is 0.275 e. The molecule has 0 aliphatic heterocycles. The molecule has 3 aromatic rings. The Bertz CT molecular complexity index is 833. The number of fused-ring (bicyclic) bond motifs is 1. The Labute approximate surface area is 111 Å². The van der Waals surface area contributed by atoms with E-state index < -0.39 is 10.0 Å². The predicted octanol–water partition coefficient (Wildman–Crippen LogP) is 2.06. The molecule has 0 saturated heterocycles. The van der Waals surface area contributed by atoms with Crippen molar-refractivity contribution in [3.63, 3.8) is 0 Å². The quantitative estimate of drug-likeness (QED) is 0.725. The van der Waals surface area contributed by atoms with Gasteiger partial charge in [0.15, 0.2) is 0 Å². The Morgan fingerprint density at radius 3 is 2.42 bits per heavy atom. The summed E-state index contributed by atoms with van der Waals surface area (Å²) in [6.07, 6.45) is 2.64. The molecule has 2 aromatic carbocycles. The van der Waals surface area contributed by atoms with E-state index in [1.807, 2.05) is 6.07 Å². The van der Waals surface area contributed by atoms with Gasteiger partial charge in [-0.1, -0.05) is 12.1 Å². The minimum absolute atomic E-state index is 0.174. The number of para-hydroxylation sites is 1. The zero-order chi connectivity index (χ0) is 13.5. The van der Waals surface area contributed by atoms with Gasteiger partial charge in [-0.25, -0.2) is 8.42 Å². The molecule has 0 unspecified atom stereocenters. The number of anilines is 1. The van der Waals surface area contributed by atoms with Crippen molar-refractivity contribution >= 4 is 26.6 Å². The van der Waals surface area contributed by atoms with Crippen molar-refractivity contribution in [3.05, 3.63) is 60.8 Å². The monoisotopic (exact) mass is 270 g/mol. The highest BCUT2D eigenvalue weighted by Crippen LogP contribution is 2.20.